The molecule has 1 atom stereocenters. The third kappa shape index (κ3) is 3.81. The van der Waals surface area contributed by atoms with E-state index in [1.807, 2.05) is 6.07 Å². The van der Waals surface area contributed by atoms with Crippen LogP contribution in [-0.2, 0) is 4.79 Å². The lowest BCUT2D eigenvalue weighted by molar-refractivity contribution is -0.128. The number of likely N-dealkylation sites (tertiary alicyclic amines) is 1. The predicted molar refractivity (Wildman–Crippen MR) is 87.1 cm³/mol. The number of amides is 3. The molecule has 1 aromatic heterocycles. The molecule has 0 spiro atoms. The number of urea groups is 1. The fraction of sp³-hybridized carbons (Fsp3) is 0.500. The van der Waals surface area contributed by atoms with Gasteiger partial charge in [-0.3, -0.25) is 14.6 Å². The zero-order valence-corrected chi connectivity index (χ0v) is 13.4. The van der Waals surface area contributed by atoms with Crippen LogP contribution in [0, 0.1) is 17.2 Å². The van der Waals surface area contributed by atoms with Crippen LogP contribution in [0.3, 0.4) is 0 Å². The Morgan fingerprint density at radius 2 is 2.33 bits per heavy atom. The van der Waals surface area contributed by atoms with Crippen molar-refractivity contribution in [1.82, 2.24) is 20.1 Å². The number of nitrogens with zero attached hydrogens (tertiary/aromatic N) is 4. The SMILES string of the molecule is N#Cc1ccc(NC[C@H]2CCN(CC(=O)N3CCNC3=O)C2)nc1. The smallest absolute Gasteiger partial charge is 0.324 e. The molecular weight excluding hydrogens is 308 g/mol. The highest BCUT2D eigenvalue weighted by Gasteiger charge is 2.30. The Hall–Kier alpha value is -2.66. The van der Waals surface area contributed by atoms with E-state index >= 15 is 0 Å². The minimum absolute atomic E-state index is 0.132. The zero-order chi connectivity index (χ0) is 16.9. The van der Waals surface area contributed by atoms with E-state index in [4.69, 9.17) is 5.26 Å². The summed E-state index contributed by atoms with van der Waals surface area (Å²) in [6, 6.07) is 5.28. The molecule has 0 saturated carbocycles. The monoisotopic (exact) mass is 328 g/mol. The van der Waals surface area contributed by atoms with Crippen molar-refractivity contribution in [1.29, 1.82) is 5.26 Å². The van der Waals surface area contributed by atoms with E-state index in [9.17, 15) is 9.59 Å². The lowest BCUT2D eigenvalue weighted by Gasteiger charge is -2.19. The zero-order valence-electron chi connectivity index (χ0n) is 13.4. The number of hydrogen-bond acceptors (Lipinski definition) is 6. The molecule has 3 heterocycles. The van der Waals surface area contributed by atoms with Gasteiger partial charge in [-0.1, -0.05) is 0 Å². The molecule has 0 radical (unpaired) electrons. The first kappa shape index (κ1) is 16.2. The lowest BCUT2D eigenvalue weighted by Crippen LogP contribution is -2.41. The van der Waals surface area contributed by atoms with Crippen LogP contribution >= 0.6 is 0 Å². The molecule has 2 fully saturated rings. The summed E-state index contributed by atoms with van der Waals surface area (Å²) in [6.07, 6.45) is 2.55. The van der Waals surface area contributed by atoms with E-state index in [1.54, 1.807) is 18.3 Å². The molecule has 2 aliphatic heterocycles. The highest BCUT2D eigenvalue weighted by atomic mass is 16.2. The first-order chi connectivity index (χ1) is 11.7. The number of carbonyl (C=O) groups excluding carboxylic acids is 2. The van der Waals surface area contributed by atoms with Gasteiger partial charge in [-0.05, 0) is 31.0 Å². The van der Waals surface area contributed by atoms with Gasteiger partial charge < -0.3 is 10.6 Å². The predicted octanol–water partition coefficient (Wildman–Crippen LogP) is 0.239. The van der Waals surface area contributed by atoms with Crippen molar-refractivity contribution in [3.63, 3.8) is 0 Å². The summed E-state index contributed by atoms with van der Waals surface area (Å²) < 4.78 is 0. The molecule has 0 aromatic carbocycles. The number of hydrogen-bond donors (Lipinski definition) is 2. The Kier molecular flexibility index (Phi) is 4.91. The Morgan fingerprint density at radius 1 is 1.46 bits per heavy atom. The van der Waals surface area contributed by atoms with Crippen molar-refractivity contribution < 1.29 is 9.59 Å². The number of aromatic nitrogens is 1. The van der Waals surface area contributed by atoms with Crippen LogP contribution < -0.4 is 10.6 Å². The van der Waals surface area contributed by atoms with Gasteiger partial charge >= 0.3 is 6.03 Å². The van der Waals surface area contributed by atoms with Gasteiger partial charge in [0.2, 0.25) is 5.91 Å². The molecule has 126 valence electrons. The van der Waals surface area contributed by atoms with Crippen LogP contribution in [0.2, 0.25) is 0 Å². The van der Waals surface area contributed by atoms with Crippen molar-refractivity contribution in [2.45, 2.75) is 6.42 Å². The van der Waals surface area contributed by atoms with E-state index in [1.165, 1.54) is 4.90 Å². The average Bonchev–Trinajstić information content (AvgIpc) is 3.22. The average molecular weight is 328 g/mol. The molecule has 24 heavy (non-hydrogen) atoms. The summed E-state index contributed by atoms with van der Waals surface area (Å²) in [7, 11) is 0. The van der Waals surface area contributed by atoms with Gasteiger partial charge in [0.15, 0.2) is 0 Å². The second kappa shape index (κ2) is 7.27. The fourth-order valence-corrected chi connectivity index (χ4v) is 3.02. The lowest BCUT2D eigenvalue weighted by atomic mass is 10.1. The minimum atomic E-state index is -0.288. The largest absolute Gasteiger partial charge is 0.370 e. The van der Waals surface area contributed by atoms with E-state index in [-0.39, 0.29) is 11.9 Å². The van der Waals surface area contributed by atoms with E-state index in [2.05, 4.69) is 20.5 Å². The van der Waals surface area contributed by atoms with Crippen LogP contribution in [0.5, 0.6) is 0 Å². The van der Waals surface area contributed by atoms with Crippen LogP contribution in [0.4, 0.5) is 10.6 Å². The Morgan fingerprint density at radius 3 is 3.00 bits per heavy atom. The van der Waals surface area contributed by atoms with E-state index in [0.717, 1.165) is 31.9 Å². The van der Waals surface area contributed by atoms with Gasteiger partial charge in [0.05, 0.1) is 12.1 Å². The van der Waals surface area contributed by atoms with Gasteiger partial charge in [0, 0.05) is 32.4 Å². The third-order valence-electron chi connectivity index (χ3n) is 4.35. The van der Waals surface area contributed by atoms with Crippen LogP contribution in [0.15, 0.2) is 18.3 Å². The molecule has 0 bridgehead atoms. The molecule has 8 nitrogen and oxygen atoms in total. The van der Waals surface area contributed by atoms with Crippen molar-refractivity contribution in [2.75, 3.05) is 44.6 Å². The number of imide groups is 1. The summed E-state index contributed by atoms with van der Waals surface area (Å²) in [5.74, 6) is 1.05. The summed E-state index contributed by atoms with van der Waals surface area (Å²) >= 11 is 0. The van der Waals surface area contributed by atoms with Gasteiger partial charge in [-0.15, -0.1) is 0 Å². The number of anilines is 1. The maximum absolute atomic E-state index is 12.1. The van der Waals surface area contributed by atoms with Gasteiger partial charge in [-0.2, -0.15) is 5.26 Å². The highest BCUT2D eigenvalue weighted by molar-refractivity contribution is 5.96. The maximum atomic E-state index is 12.1. The van der Waals surface area contributed by atoms with Gasteiger partial charge in [0.25, 0.3) is 0 Å². The summed E-state index contributed by atoms with van der Waals surface area (Å²) in [4.78, 5) is 31.2. The molecule has 0 unspecified atom stereocenters. The fourth-order valence-electron chi connectivity index (χ4n) is 3.02. The Bertz CT molecular complexity index is 654. The summed E-state index contributed by atoms with van der Waals surface area (Å²) in [5, 5.41) is 14.7. The quantitative estimate of drug-likeness (QED) is 0.803. The minimum Gasteiger partial charge on any atom is -0.370 e. The second-order valence-corrected chi connectivity index (χ2v) is 6.09. The second-order valence-electron chi connectivity index (χ2n) is 6.09. The van der Waals surface area contributed by atoms with Crippen molar-refractivity contribution in [2.24, 2.45) is 5.92 Å². The van der Waals surface area contributed by atoms with Crippen LogP contribution in [-0.4, -0.2) is 66.0 Å². The maximum Gasteiger partial charge on any atom is 0.324 e. The van der Waals surface area contributed by atoms with Crippen LogP contribution in [0.25, 0.3) is 0 Å². The number of carbonyl (C=O) groups is 2. The molecule has 8 heteroatoms. The number of rotatable bonds is 5. The van der Waals surface area contributed by atoms with Crippen molar-refractivity contribution in [3.05, 3.63) is 23.9 Å². The summed E-state index contributed by atoms with van der Waals surface area (Å²) in [6.45, 7) is 3.74. The van der Waals surface area contributed by atoms with Crippen molar-refractivity contribution >= 4 is 17.8 Å². The normalized spacial score (nSPS) is 20.7. The molecule has 3 amide bonds. The Labute approximate surface area is 140 Å². The standard InChI is InChI=1S/C16H20N6O2/c17-7-12-1-2-14(19-8-12)20-9-13-3-5-21(10-13)11-15(23)22-6-4-18-16(22)24/h1-2,8,13H,3-6,9-11H2,(H,18,24)(H,19,20)/t13-/m1/s1. The molecular formula is C16H20N6O2. The molecule has 0 aliphatic carbocycles. The van der Waals surface area contributed by atoms with E-state index in [0.29, 0.717) is 31.1 Å². The Balaban J connectivity index is 1.42. The first-order valence-corrected chi connectivity index (χ1v) is 8.06. The molecule has 2 aliphatic rings. The molecule has 2 saturated heterocycles. The van der Waals surface area contributed by atoms with Gasteiger partial charge in [0.1, 0.15) is 11.9 Å². The highest BCUT2D eigenvalue weighted by Crippen LogP contribution is 2.17. The van der Waals surface area contributed by atoms with Crippen molar-refractivity contribution in [3.8, 4) is 6.07 Å². The molecule has 2 N–H and O–H groups in total. The number of nitriles is 1. The first-order valence-electron chi connectivity index (χ1n) is 8.06. The molecule has 1 aromatic rings. The third-order valence-corrected chi connectivity index (χ3v) is 4.35. The summed E-state index contributed by atoms with van der Waals surface area (Å²) in [5.41, 5.74) is 0.539. The van der Waals surface area contributed by atoms with Gasteiger partial charge in [-0.25, -0.2) is 9.78 Å². The van der Waals surface area contributed by atoms with Crippen LogP contribution in [0.1, 0.15) is 12.0 Å². The molecule has 3 rings (SSSR count). The van der Waals surface area contributed by atoms with E-state index < -0.39 is 0 Å². The number of nitrogens with one attached hydrogen (secondary N) is 2. The topological polar surface area (TPSA) is 101 Å². The number of pyridine rings is 1.